The van der Waals surface area contributed by atoms with Gasteiger partial charge in [0.2, 0.25) is 5.91 Å². The van der Waals surface area contributed by atoms with Crippen LogP contribution in [0.4, 0.5) is 8.78 Å². The van der Waals surface area contributed by atoms with E-state index in [9.17, 15) is 13.6 Å². The van der Waals surface area contributed by atoms with Crippen molar-refractivity contribution in [2.75, 3.05) is 26.3 Å². The number of benzene rings is 1. The van der Waals surface area contributed by atoms with Crippen molar-refractivity contribution in [1.82, 2.24) is 10.1 Å². The SMILES string of the molecule is CC1CN(C(=O)C2(Cc3cc(-c4ccc(F)cc4F)no3)CCOCC2)CC(C)O1. The first-order valence-corrected chi connectivity index (χ1v) is 10.3. The van der Waals surface area contributed by atoms with Crippen LogP contribution >= 0.6 is 0 Å². The third-order valence-corrected chi connectivity index (χ3v) is 5.89. The van der Waals surface area contributed by atoms with E-state index in [-0.39, 0.29) is 29.4 Å². The number of amides is 1. The van der Waals surface area contributed by atoms with E-state index in [1.54, 1.807) is 6.07 Å². The van der Waals surface area contributed by atoms with E-state index in [0.29, 0.717) is 51.3 Å². The monoisotopic (exact) mass is 420 g/mol. The Morgan fingerprint density at radius 3 is 2.53 bits per heavy atom. The summed E-state index contributed by atoms with van der Waals surface area (Å²) in [4.78, 5) is 15.5. The van der Waals surface area contributed by atoms with Crippen LogP contribution in [0, 0.1) is 17.0 Å². The van der Waals surface area contributed by atoms with Gasteiger partial charge in [-0.2, -0.15) is 0 Å². The minimum Gasteiger partial charge on any atom is -0.381 e. The largest absolute Gasteiger partial charge is 0.381 e. The summed E-state index contributed by atoms with van der Waals surface area (Å²) in [5.74, 6) is -0.791. The molecule has 4 rings (SSSR count). The van der Waals surface area contributed by atoms with Crippen molar-refractivity contribution in [3.05, 3.63) is 41.7 Å². The van der Waals surface area contributed by atoms with Crippen LogP contribution < -0.4 is 0 Å². The highest BCUT2D eigenvalue weighted by Gasteiger charge is 2.45. The summed E-state index contributed by atoms with van der Waals surface area (Å²) in [6.45, 7) is 6.02. The van der Waals surface area contributed by atoms with Crippen LogP contribution in [0.3, 0.4) is 0 Å². The lowest BCUT2D eigenvalue weighted by molar-refractivity contribution is -0.159. The quantitative estimate of drug-likeness (QED) is 0.756. The Labute approximate surface area is 174 Å². The van der Waals surface area contributed by atoms with Crippen molar-refractivity contribution >= 4 is 5.91 Å². The van der Waals surface area contributed by atoms with Crippen LogP contribution in [-0.4, -0.2) is 54.5 Å². The van der Waals surface area contributed by atoms with Crippen LogP contribution in [-0.2, 0) is 20.7 Å². The Morgan fingerprint density at radius 2 is 1.87 bits per heavy atom. The van der Waals surface area contributed by atoms with Gasteiger partial charge in [-0.25, -0.2) is 8.78 Å². The second-order valence-corrected chi connectivity index (χ2v) is 8.34. The summed E-state index contributed by atoms with van der Waals surface area (Å²) in [5.41, 5.74) is -0.215. The number of rotatable bonds is 4. The van der Waals surface area contributed by atoms with E-state index in [1.807, 2.05) is 18.7 Å². The highest BCUT2D eigenvalue weighted by Crippen LogP contribution is 2.38. The molecule has 1 aromatic heterocycles. The van der Waals surface area contributed by atoms with E-state index in [1.165, 1.54) is 12.1 Å². The number of carbonyl (C=O) groups excluding carboxylic acids is 1. The lowest BCUT2D eigenvalue weighted by atomic mass is 9.75. The molecule has 30 heavy (non-hydrogen) atoms. The van der Waals surface area contributed by atoms with Gasteiger partial charge in [0, 0.05) is 50.4 Å². The molecule has 2 aromatic rings. The molecule has 2 atom stereocenters. The van der Waals surface area contributed by atoms with Crippen LogP contribution in [0.2, 0.25) is 0 Å². The summed E-state index contributed by atoms with van der Waals surface area (Å²) in [7, 11) is 0. The van der Waals surface area contributed by atoms with Crippen molar-refractivity contribution in [3.8, 4) is 11.3 Å². The van der Waals surface area contributed by atoms with Gasteiger partial charge in [-0.3, -0.25) is 4.79 Å². The molecule has 1 amide bonds. The first kappa shape index (κ1) is 20.9. The zero-order valence-corrected chi connectivity index (χ0v) is 17.2. The zero-order chi connectivity index (χ0) is 21.3. The van der Waals surface area contributed by atoms with E-state index in [0.717, 1.165) is 6.07 Å². The molecular weight excluding hydrogens is 394 g/mol. The van der Waals surface area contributed by atoms with Crippen molar-refractivity contribution in [2.45, 2.75) is 45.3 Å². The van der Waals surface area contributed by atoms with Crippen molar-refractivity contribution in [2.24, 2.45) is 5.41 Å². The minimum absolute atomic E-state index is 0.0204. The third-order valence-electron chi connectivity index (χ3n) is 5.89. The van der Waals surface area contributed by atoms with Gasteiger partial charge in [-0.1, -0.05) is 5.16 Å². The molecule has 162 valence electrons. The summed E-state index contributed by atoms with van der Waals surface area (Å²) in [6.07, 6.45) is 1.46. The number of nitrogens with zero attached hydrogens (tertiary/aromatic N) is 2. The molecule has 1 aromatic carbocycles. The molecular formula is C22H26F2N2O4. The normalized spacial score (nSPS) is 24.1. The van der Waals surface area contributed by atoms with E-state index in [4.69, 9.17) is 14.0 Å². The number of hydrogen-bond acceptors (Lipinski definition) is 5. The standard InChI is InChI=1S/C22H26F2N2O4/c1-14-12-26(13-15(2)29-14)21(27)22(5-7-28-8-6-22)11-17-10-20(25-30-17)18-4-3-16(23)9-19(18)24/h3-4,9-10,14-15H,5-8,11-13H2,1-2H3. The van der Waals surface area contributed by atoms with Crippen LogP contribution in [0.5, 0.6) is 0 Å². The molecule has 0 bridgehead atoms. The molecule has 0 saturated carbocycles. The fourth-order valence-electron chi connectivity index (χ4n) is 4.46. The number of morpholine rings is 1. The molecule has 2 aliphatic heterocycles. The summed E-state index contributed by atoms with van der Waals surface area (Å²) >= 11 is 0. The Hall–Kier alpha value is -2.32. The number of aromatic nitrogens is 1. The molecule has 2 fully saturated rings. The molecule has 0 N–H and O–H groups in total. The number of halogens is 2. The highest BCUT2D eigenvalue weighted by atomic mass is 19.1. The van der Waals surface area contributed by atoms with Gasteiger partial charge in [0.05, 0.1) is 17.6 Å². The van der Waals surface area contributed by atoms with Crippen LogP contribution in [0.15, 0.2) is 28.8 Å². The van der Waals surface area contributed by atoms with Crippen LogP contribution in [0.1, 0.15) is 32.4 Å². The Bertz CT molecular complexity index is 900. The smallest absolute Gasteiger partial charge is 0.229 e. The topological polar surface area (TPSA) is 64.8 Å². The average Bonchev–Trinajstić information content (AvgIpc) is 3.15. The average molecular weight is 420 g/mol. The van der Waals surface area contributed by atoms with Crippen molar-refractivity contribution < 1.29 is 27.6 Å². The lowest BCUT2D eigenvalue weighted by Crippen LogP contribution is -2.55. The van der Waals surface area contributed by atoms with Crippen molar-refractivity contribution in [3.63, 3.8) is 0 Å². The maximum Gasteiger partial charge on any atom is 0.229 e. The summed E-state index contributed by atoms with van der Waals surface area (Å²) < 4.78 is 44.1. The van der Waals surface area contributed by atoms with E-state index in [2.05, 4.69) is 5.16 Å². The first-order valence-electron chi connectivity index (χ1n) is 10.3. The highest BCUT2D eigenvalue weighted by molar-refractivity contribution is 5.83. The second-order valence-electron chi connectivity index (χ2n) is 8.34. The maximum atomic E-state index is 14.1. The Kier molecular flexibility index (Phi) is 5.88. The van der Waals surface area contributed by atoms with Gasteiger partial charge in [-0.05, 0) is 38.8 Å². The first-order chi connectivity index (χ1) is 14.4. The zero-order valence-electron chi connectivity index (χ0n) is 17.2. The molecule has 0 spiro atoms. The molecule has 2 unspecified atom stereocenters. The molecule has 8 heteroatoms. The fourth-order valence-corrected chi connectivity index (χ4v) is 4.46. The van der Waals surface area contributed by atoms with E-state index < -0.39 is 17.0 Å². The molecule has 0 aliphatic carbocycles. The van der Waals surface area contributed by atoms with Gasteiger partial charge in [0.25, 0.3) is 0 Å². The number of carbonyl (C=O) groups is 1. The number of hydrogen-bond donors (Lipinski definition) is 0. The Morgan fingerprint density at radius 1 is 1.17 bits per heavy atom. The van der Waals surface area contributed by atoms with Gasteiger partial charge in [0.15, 0.2) is 0 Å². The fraction of sp³-hybridized carbons (Fsp3) is 0.545. The summed E-state index contributed by atoms with van der Waals surface area (Å²) in [6, 6.07) is 4.95. The molecule has 0 radical (unpaired) electrons. The predicted octanol–water partition coefficient (Wildman–Crippen LogP) is 3.59. The van der Waals surface area contributed by atoms with E-state index >= 15 is 0 Å². The maximum absolute atomic E-state index is 14.1. The Balaban J connectivity index is 1.58. The minimum atomic E-state index is -0.706. The van der Waals surface area contributed by atoms with Gasteiger partial charge in [0.1, 0.15) is 23.1 Å². The van der Waals surface area contributed by atoms with Crippen molar-refractivity contribution in [1.29, 1.82) is 0 Å². The van der Waals surface area contributed by atoms with Gasteiger partial charge >= 0.3 is 0 Å². The van der Waals surface area contributed by atoms with Gasteiger partial charge < -0.3 is 18.9 Å². The molecule has 2 aliphatic rings. The summed E-state index contributed by atoms with van der Waals surface area (Å²) in [5, 5.41) is 3.96. The second kappa shape index (κ2) is 8.43. The van der Waals surface area contributed by atoms with Gasteiger partial charge in [-0.15, -0.1) is 0 Å². The van der Waals surface area contributed by atoms with Crippen LogP contribution in [0.25, 0.3) is 11.3 Å². The third kappa shape index (κ3) is 4.25. The predicted molar refractivity (Wildman–Crippen MR) is 105 cm³/mol. The number of ether oxygens (including phenoxy) is 2. The molecule has 6 nitrogen and oxygen atoms in total. The lowest BCUT2D eigenvalue weighted by Gasteiger charge is -2.43. The molecule has 3 heterocycles. The molecule has 2 saturated heterocycles.